The van der Waals surface area contributed by atoms with E-state index >= 15 is 0 Å². The van der Waals surface area contributed by atoms with Gasteiger partial charge in [-0.25, -0.2) is 0 Å². The maximum Gasteiger partial charge on any atom is 0.141 e. The van der Waals surface area contributed by atoms with Crippen LogP contribution in [0.4, 0.5) is 0 Å². The second-order valence-electron chi connectivity index (χ2n) is 3.75. The summed E-state index contributed by atoms with van der Waals surface area (Å²) in [7, 11) is 0. The Kier molecular flexibility index (Phi) is 3.76. The number of alkyl halides is 1. The SMILES string of the molecule is Cc1noc(C)c1C=C(CCl)C(C)C. The number of hydrogen-bond donors (Lipinski definition) is 0. The van der Waals surface area contributed by atoms with E-state index in [9.17, 15) is 0 Å². The molecule has 0 unspecified atom stereocenters. The average molecular weight is 214 g/mol. The van der Waals surface area contributed by atoms with Crippen molar-refractivity contribution in [3.63, 3.8) is 0 Å². The highest BCUT2D eigenvalue weighted by atomic mass is 35.5. The Morgan fingerprint density at radius 3 is 2.50 bits per heavy atom. The van der Waals surface area contributed by atoms with Gasteiger partial charge in [0.15, 0.2) is 0 Å². The highest BCUT2D eigenvalue weighted by Crippen LogP contribution is 2.20. The molecule has 0 radical (unpaired) electrons. The van der Waals surface area contributed by atoms with Gasteiger partial charge >= 0.3 is 0 Å². The van der Waals surface area contributed by atoms with Crippen molar-refractivity contribution in [2.45, 2.75) is 27.7 Å². The van der Waals surface area contributed by atoms with Crippen LogP contribution in [0.3, 0.4) is 0 Å². The lowest BCUT2D eigenvalue weighted by Gasteiger charge is -2.06. The van der Waals surface area contributed by atoms with Gasteiger partial charge in [-0.2, -0.15) is 0 Å². The van der Waals surface area contributed by atoms with Crippen LogP contribution in [0, 0.1) is 19.8 Å². The lowest BCUT2D eigenvalue weighted by atomic mass is 10.0. The number of nitrogens with zero attached hydrogens (tertiary/aromatic N) is 1. The van der Waals surface area contributed by atoms with Crippen molar-refractivity contribution in [1.82, 2.24) is 5.16 Å². The summed E-state index contributed by atoms with van der Waals surface area (Å²) < 4.78 is 5.08. The maximum absolute atomic E-state index is 5.86. The number of aryl methyl sites for hydroxylation is 2. The monoisotopic (exact) mass is 213 g/mol. The van der Waals surface area contributed by atoms with Crippen molar-refractivity contribution in [2.75, 3.05) is 5.88 Å². The average Bonchev–Trinajstić information content (AvgIpc) is 2.43. The van der Waals surface area contributed by atoms with E-state index in [0.29, 0.717) is 11.8 Å². The predicted octanol–water partition coefficient (Wildman–Crippen LogP) is 3.57. The molecule has 1 aromatic heterocycles. The molecule has 0 saturated carbocycles. The second kappa shape index (κ2) is 4.65. The fourth-order valence-corrected chi connectivity index (χ4v) is 1.63. The summed E-state index contributed by atoms with van der Waals surface area (Å²) >= 11 is 5.86. The fraction of sp³-hybridized carbons (Fsp3) is 0.545. The maximum atomic E-state index is 5.86. The molecule has 0 N–H and O–H groups in total. The Labute approximate surface area is 89.9 Å². The molecule has 0 aromatic carbocycles. The molecule has 0 aliphatic rings. The molecule has 0 fully saturated rings. The molecule has 0 saturated heterocycles. The van der Waals surface area contributed by atoms with Gasteiger partial charge in [0.05, 0.1) is 5.69 Å². The number of halogens is 1. The van der Waals surface area contributed by atoms with Crippen molar-refractivity contribution >= 4 is 17.7 Å². The summed E-state index contributed by atoms with van der Waals surface area (Å²) in [5.74, 6) is 1.87. The van der Waals surface area contributed by atoms with E-state index in [0.717, 1.165) is 17.0 Å². The van der Waals surface area contributed by atoms with E-state index in [1.165, 1.54) is 5.57 Å². The molecule has 2 nitrogen and oxygen atoms in total. The Morgan fingerprint density at radius 1 is 1.50 bits per heavy atom. The Bertz CT molecular complexity index is 320. The lowest BCUT2D eigenvalue weighted by molar-refractivity contribution is 0.393. The van der Waals surface area contributed by atoms with E-state index in [1.54, 1.807) is 0 Å². The van der Waals surface area contributed by atoms with E-state index in [2.05, 4.69) is 25.1 Å². The first-order valence-corrected chi connectivity index (χ1v) is 5.29. The van der Waals surface area contributed by atoms with Crippen molar-refractivity contribution in [1.29, 1.82) is 0 Å². The summed E-state index contributed by atoms with van der Waals surface area (Å²) in [5, 5.41) is 3.90. The summed E-state index contributed by atoms with van der Waals surface area (Å²) in [5.41, 5.74) is 3.20. The number of hydrogen-bond acceptors (Lipinski definition) is 2. The number of rotatable bonds is 3. The van der Waals surface area contributed by atoms with Crippen LogP contribution in [0.25, 0.3) is 6.08 Å². The molecule has 0 aliphatic carbocycles. The highest BCUT2D eigenvalue weighted by Gasteiger charge is 2.09. The molecule has 3 heteroatoms. The zero-order chi connectivity index (χ0) is 10.7. The highest BCUT2D eigenvalue weighted by molar-refractivity contribution is 6.19. The smallest absolute Gasteiger partial charge is 0.141 e. The summed E-state index contributed by atoms with van der Waals surface area (Å²) in [6.45, 7) is 8.12. The van der Waals surface area contributed by atoms with Crippen LogP contribution in [0.15, 0.2) is 10.1 Å². The van der Waals surface area contributed by atoms with Crippen molar-refractivity contribution in [3.8, 4) is 0 Å². The first kappa shape index (κ1) is 11.3. The Hall–Kier alpha value is -0.760. The van der Waals surface area contributed by atoms with Gasteiger partial charge < -0.3 is 4.52 Å². The van der Waals surface area contributed by atoms with Gasteiger partial charge in [-0.1, -0.05) is 24.6 Å². The summed E-state index contributed by atoms with van der Waals surface area (Å²) in [6.07, 6.45) is 2.08. The molecule has 0 aliphatic heterocycles. The third kappa shape index (κ3) is 2.38. The molecule has 14 heavy (non-hydrogen) atoms. The van der Waals surface area contributed by atoms with Gasteiger partial charge in [-0.15, -0.1) is 11.6 Å². The first-order valence-electron chi connectivity index (χ1n) is 4.75. The molecule has 0 atom stereocenters. The minimum atomic E-state index is 0.459. The van der Waals surface area contributed by atoms with Crippen LogP contribution in [0.5, 0.6) is 0 Å². The second-order valence-corrected chi connectivity index (χ2v) is 4.01. The molecule has 1 rings (SSSR count). The van der Waals surface area contributed by atoms with Crippen LogP contribution in [-0.2, 0) is 0 Å². The van der Waals surface area contributed by atoms with E-state index in [4.69, 9.17) is 16.1 Å². The molecular formula is C11H16ClNO. The number of allylic oxidation sites excluding steroid dienone is 1. The van der Waals surface area contributed by atoms with Crippen LogP contribution < -0.4 is 0 Å². The predicted molar refractivity (Wildman–Crippen MR) is 59.5 cm³/mol. The van der Waals surface area contributed by atoms with Crippen LogP contribution >= 0.6 is 11.6 Å². The first-order chi connectivity index (χ1) is 6.56. The fourth-order valence-electron chi connectivity index (χ4n) is 1.24. The third-order valence-electron chi connectivity index (χ3n) is 2.31. The van der Waals surface area contributed by atoms with Gasteiger partial charge in [-0.05, 0) is 25.8 Å². The molecule has 0 amide bonds. The number of aromatic nitrogens is 1. The largest absolute Gasteiger partial charge is 0.361 e. The Morgan fingerprint density at radius 2 is 2.14 bits per heavy atom. The van der Waals surface area contributed by atoms with Crippen LogP contribution in [0.2, 0.25) is 0 Å². The van der Waals surface area contributed by atoms with Crippen LogP contribution in [0.1, 0.15) is 30.9 Å². The summed E-state index contributed by atoms with van der Waals surface area (Å²) in [4.78, 5) is 0. The van der Waals surface area contributed by atoms with Crippen LogP contribution in [-0.4, -0.2) is 11.0 Å². The standard InChI is InChI=1S/C11H16ClNO/c1-7(2)10(6-12)5-11-8(3)13-14-9(11)4/h5,7H,6H2,1-4H3. The zero-order valence-corrected chi connectivity index (χ0v) is 9.85. The minimum absolute atomic E-state index is 0.459. The van der Waals surface area contributed by atoms with E-state index in [1.807, 2.05) is 13.8 Å². The molecule has 0 spiro atoms. The molecule has 1 heterocycles. The molecule has 78 valence electrons. The zero-order valence-electron chi connectivity index (χ0n) is 9.10. The van der Waals surface area contributed by atoms with E-state index in [-0.39, 0.29) is 0 Å². The van der Waals surface area contributed by atoms with Gasteiger partial charge in [0.1, 0.15) is 5.76 Å². The van der Waals surface area contributed by atoms with Gasteiger partial charge in [0.2, 0.25) is 0 Å². The lowest BCUT2D eigenvalue weighted by Crippen LogP contribution is -1.95. The van der Waals surface area contributed by atoms with Crippen molar-refractivity contribution in [3.05, 3.63) is 22.6 Å². The van der Waals surface area contributed by atoms with Gasteiger partial charge in [-0.3, -0.25) is 0 Å². The van der Waals surface area contributed by atoms with Gasteiger partial charge in [0.25, 0.3) is 0 Å². The third-order valence-corrected chi connectivity index (χ3v) is 2.62. The minimum Gasteiger partial charge on any atom is -0.361 e. The molecule has 0 bridgehead atoms. The Balaban J connectivity index is 3.05. The molecular weight excluding hydrogens is 198 g/mol. The quantitative estimate of drug-likeness (QED) is 0.718. The summed E-state index contributed by atoms with van der Waals surface area (Å²) in [6, 6.07) is 0. The topological polar surface area (TPSA) is 26.0 Å². The molecule has 1 aromatic rings. The van der Waals surface area contributed by atoms with Gasteiger partial charge in [0, 0.05) is 11.4 Å². The van der Waals surface area contributed by atoms with Crippen molar-refractivity contribution in [2.24, 2.45) is 5.92 Å². The normalized spacial score (nSPS) is 12.6. The van der Waals surface area contributed by atoms with E-state index < -0.39 is 0 Å². The van der Waals surface area contributed by atoms with Crippen molar-refractivity contribution < 1.29 is 4.52 Å².